The summed E-state index contributed by atoms with van der Waals surface area (Å²) in [6.45, 7) is 2.01. The van der Waals surface area contributed by atoms with Gasteiger partial charge in [-0.3, -0.25) is 9.36 Å². The Hall–Kier alpha value is -2.80. The Morgan fingerprint density at radius 1 is 1.13 bits per heavy atom. The number of nitrogens with two attached hydrogens (primary N) is 1. The number of nitrogens with zero attached hydrogens (tertiary/aromatic N) is 3. The maximum Gasteiger partial charge on any atom is 0.261 e. The molecule has 2 aromatic carbocycles. The third kappa shape index (κ3) is 3.69. The van der Waals surface area contributed by atoms with Gasteiger partial charge in [0.2, 0.25) is 0 Å². The minimum Gasteiger partial charge on any atom is -0.391 e. The van der Waals surface area contributed by atoms with Crippen molar-refractivity contribution in [1.82, 2.24) is 14.5 Å². The zero-order valence-electron chi connectivity index (χ0n) is 16.6. The lowest BCUT2D eigenvalue weighted by Crippen LogP contribution is -2.37. The molecule has 0 fully saturated rings. The van der Waals surface area contributed by atoms with Crippen molar-refractivity contribution in [2.24, 2.45) is 5.73 Å². The van der Waals surface area contributed by atoms with Gasteiger partial charge in [-0.25, -0.2) is 9.97 Å². The zero-order chi connectivity index (χ0) is 21.3. The molecule has 7 heteroatoms. The van der Waals surface area contributed by atoms with Gasteiger partial charge in [-0.1, -0.05) is 48.9 Å². The molecule has 0 bridgehead atoms. The number of benzene rings is 2. The largest absolute Gasteiger partial charge is 0.391 e. The summed E-state index contributed by atoms with van der Waals surface area (Å²) < 4.78 is 1.46. The molecule has 0 aliphatic carbocycles. The van der Waals surface area contributed by atoms with Gasteiger partial charge in [-0.15, -0.1) is 0 Å². The van der Waals surface area contributed by atoms with Gasteiger partial charge in [0.1, 0.15) is 5.15 Å². The van der Waals surface area contributed by atoms with Crippen LogP contribution < -0.4 is 11.3 Å². The summed E-state index contributed by atoms with van der Waals surface area (Å²) in [7, 11) is 0. The molecule has 2 aromatic heterocycles. The number of rotatable bonds is 6. The monoisotopic (exact) mass is 422 g/mol. The second kappa shape index (κ2) is 8.52. The summed E-state index contributed by atoms with van der Waals surface area (Å²) in [6.07, 6.45) is 3.62. The molecule has 4 rings (SSSR count). The number of halogens is 1. The third-order valence-electron chi connectivity index (χ3n) is 5.52. The third-order valence-corrected chi connectivity index (χ3v) is 5.75. The highest BCUT2D eigenvalue weighted by atomic mass is 35.5. The molecule has 0 unspecified atom stereocenters. The fraction of sp³-hybridized carbons (Fsp3) is 0.261. The Morgan fingerprint density at radius 3 is 2.57 bits per heavy atom. The van der Waals surface area contributed by atoms with Crippen molar-refractivity contribution in [3.8, 4) is 0 Å². The van der Waals surface area contributed by atoms with Crippen molar-refractivity contribution in [3.63, 3.8) is 0 Å². The zero-order valence-corrected chi connectivity index (χ0v) is 17.4. The van der Waals surface area contributed by atoms with Crippen molar-refractivity contribution in [2.75, 3.05) is 6.54 Å². The van der Waals surface area contributed by atoms with Gasteiger partial charge >= 0.3 is 0 Å². The first-order valence-corrected chi connectivity index (χ1v) is 10.3. The summed E-state index contributed by atoms with van der Waals surface area (Å²) in [6, 6.07) is 13.0. The first-order chi connectivity index (χ1) is 14.5. The van der Waals surface area contributed by atoms with Crippen molar-refractivity contribution in [2.45, 2.75) is 31.9 Å². The molecule has 2 heterocycles. The molecular formula is C23H23ClN4O2. The van der Waals surface area contributed by atoms with E-state index in [1.807, 2.05) is 43.3 Å². The number of aromatic nitrogens is 3. The standard InChI is InChI=1S/C23H23ClN4O2/c1-2-20(29)19(11-25)28-13-27-22-17-6-4-3-5-16(17)15(10-18(22)23(28)30)9-14-7-8-21(24)26-12-14/h3-8,10,12-13,19-20,29H,2,9,11,25H2,1H3/t19-,20-/m0/s1. The Morgan fingerprint density at radius 2 is 1.90 bits per heavy atom. The van der Waals surface area contributed by atoms with E-state index in [1.54, 1.807) is 12.3 Å². The lowest BCUT2D eigenvalue weighted by Gasteiger charge is -2.23. The molecule has 154 valence electrons. The maximum atomic E-state index is 13.4. The molecule has 0 amide bonds. The Kier molecular flexibility index (Phi) is 5.81. The number of aliphatic hydroxyl groups excluding tert-OH is 1. The van der Waals surface area contributed by atoms with Gasteiger partial charge in [0.05, 0.1) is 29.4 Å². The van der Waals surface area contributed by atoms with E-state index < -0.39 is 12.1 Å². The second-order valence-corrected chi connectivity index (χ2v) is 7.77. The molecule has 4 aromatic rings. The van der Waals surface area contributed by atoms with Crippen LogP contribution in [0.4, 0.5) is 0 Å². The minimum absolute atomic E-state index is 0.152. The van der Waals surface area contributed by atoms with Crippen LogP contribution in [-0.4, -0.2) is 32.3 Å². The van der Waals surface area contributed by atoms with Crippen molar-refractivity contribution < 1.29 is 5.11 Å². The van der Waals surface area contributed by atoms with E-state index in [1.165, 1.54) is 10.9 Å². The highest BCUT2D eigenvalue weighted by Crippen LogP contribution is 2.28. The van der Waals surface area contributed by atoms with Gasteiger partial charge < -0.3 is 10.8 Å². The van der Waals surface area contributed by atoms with Crippen molar-refractivity contribution in [1.29, 1.82) is 0 Å². The van der Waals surface area contributed by atoms with Crippen LogP contribution in [-0.2, 0) is 6.42 Å². The summed E-state index contributed by atoms with van der Waals surface area (Å²) in [4.78, 5) is 22.1. The van der Waals surface area contributed by atoms with E-state index in [0.717, 1.165) is 21.9 Å². The normalized spacial score (nSPS) is 13.6. The van der Waals surface area contributed by atoms with E-state index in [-0.39, 0.29) is 12.1 Å². The molecule has 0 aliphatic heterocycles. The Bertz CT molecular complexity index is 1250. The number of aliphatic hydroxyl groups is 1. The summed E-state index contributed by atoms with van der Waals surface area (Å²) in [5.41, 5.74) is 8.30. The highest BCUT2D eigenvalue weighted by Gasteiger charge is 2.21. The average Bonchev–Trinajstić information content (AvgIpc) is 2.77. The molecule has 30 heavy (non-hydrogen) atoms. The fourth-order valence-corrected chi connectivity index (χ4v) is 4.00. The van der Waals surface area contributed by atoms with Crippen molar-refractivity contribution in [3.05, 3.63) is 81.6 Å². The van der Waals surface area contributed by atoms with Crippen LogP contribution in [0, 0.1) is 0 Å². The first-order valence-electron chi connectivity index (χ1n) is 9.93. The van der Waals surface area contributed by atoms with Crippen LogP contribution in [0.3, 0.4) is 0 Å². The van der Waals surface area contributed by atoms with Crippen LogP contribution >= 0.6 is 11.6 Å². The average molecular weight is 423 g/mol. The second-order valence-electron chi connectivity index (χ2n) is 7.38. The topological polar surface area (TPSA) is 94.0 Å². The number of hydrogen-bond acceptors (Lipinski definition) is 5. The van der Waals surface area contributed by atoms with Crippen LogP contribution in [0.5, 0.6) is 0 Å². The minimum atomic E-state index is -0.716. The molecule has 6 nitrogen and oxygen atoms in total. The molecule has 0 saturated heterocycles. The predicted octanol–water partition coefficient (Wildman–Crippen LogP) is 3.46. The van der Waals surface area contributed by atoms with Gasteiger partial charge in [0.25, 0.3) is 5.56 Å². The highest BCUT2D eigenvalue weighted by molar-refractivity contribution is 6.29. The van der Waals surface area contributed by atoms with Crippen LogP contribution in [0.15, 0.2) is 59.8 Å². The van der Waals surface area contributed by atoms with Gasteiger partial charge in [0, 0.05) is 18.1 Å². The predicted molar refractivity (Wildman–Crippen MR) is 120 cm³/mol. The molecule has 0 spiro atoms. The number of hydrogen-bond donors (Lipinski definition) is 2. The van der Waals surface area contributed by atoms with Crippen LogP contribution in [0.25, 0.3) is 21.7 Å². The van der Waals surface area contributed by atoms with Crippen LogP contribution in [0.2, 0.25) is 5.15 Å². The molecule has 0 radical (unpaired) electrons. The van der Waals surface area contributed by atoms with Crippen molar-refractivity contribution >= 4 is 33.3 Å². The lowest BCUT2D eigenvalue weighted by molar-refractivity contribution is 0.110. The summed E-state index contributed by atoms with van der Waals surface area (Å²) in [5.74, 6) is 0. The number of fused-ring (bicyclic) bond motifs is 3. The smallest absolute Gasteiger partial charge is 0.261 e. The summed E-state index contributed by atoms with van der Waals surface area (Å²) >= 11 is 5.91. The Labute approximate surface area is 179 Å². The van der Waals surface area contributed by atoms with Gasteiger partial charge in [-0.05, 0) is 41.5 Å². The van der Waals surface area contributed by atoms with E-state index in [2.05, 4.69) is 9.97 Å². The maximum absolute atomic E-state index is 13.4. The molecule has 0 aliphatic rings. The van der Waals surface area contributed by atoms with E-state index in [9.17, 15) is 9.90 Å². The van der Waals surface area contributed by atoms with E-state index in [0.29, 0.717) is 28.9 Å². The van der Waals surface area contributed by atoms with Crippen LogP contribution in [0.1, 0.15) is 30.5 Å². The van der Waals surface area contributed by atoms with Gasteiger partial charge in [-0.2, -0.15) is 0 Å². The fourth-order valence-electron chi connectivity index (χ4n) is 3.89. The quantitative estimate of drug-likeness (QED) is 0.366. The molecule has 0 saturated carbocycles. The first kappa shape index (κ1) is 20.5. The molecule has 2 atom stereocenters. The lowest BCUT2D eigenvalue weighted by atomic mass is 9.96. The Balaban J connectivity index is 1.94. The SMILES string of the molecule is CC[C@H](O)[C@H](CN)n1cnc2c(cc(Cc3ccc(Cl)nc3)c3ccccc32)c1=O. The van der Waals surface area contributed by atoms with E-state index >= 15 is 0 Å². The molecule has 3 N–H and O–H groups in total. The van der Waals surface area contributed by atoms with Gasteiger partial charge in [0.15, 0.2) is 0 Å². The molecular weight excluding hydrogens is 400 g/mol. The summed E-state index contributed by atoms with van der Waals surface area (Å²) in [5, 5.41) is 13.2. The van der Waals surface area contributed by atoms with E-state index in [4.69, 9.17) is 17.3 Å². The number of pyridine rings is 1.